The summed E-state index contributed by atoms with van der Waals surface area (Å²) >= 11 is 0. The number of benzene rings is 3. The van der Waals surface area contributed by atoms with Gasteiger partial charge in [-0.1, -0.05) is 60.7 Å². The van der Waals surface area contributed by atoms with Crippen LogP contribution in [0.3, 0.4) is 0 Å². The van der Waals surface area contributed by atoms with Gasteiger partial charge in [0.25, 0.3) is 0 Å². The van der Waals surface area contributed by atoms with E-state index in [9.17, 15) is 0 Å². The van der Waals surface area contributed by atoms with Crippen molar-refractivity contribution in [3.63, 3.8) is 0 Å². The molecule has 124 valence electrons. The second kappa shape index (κ2) is 5.22. The molecule has 0 saturated heterocycles. The van der Waals surface area contributed by atoms with E-state index in [1.807, 2.05) is 0 Å². The Morgan fingerprint density at radius 2 is 1.69 bits per heavy atom. The Hall–Kier alpha value is -3.06. The summed E-state index contributed by atoms with van der Waals surface area (Å²) in [6, 6.07) is 24.3. The second-order valence-electron chi connectivity index (χ2n) is 7.46. The van der Waals surface area contributed by atoms with Crippen molar-refractivity contribution in [3.8, 4) is 11.1 Å². The molecule has 1 atom stereocenters. The maximum Gasteiger partial charge on any atom is 0.0467 e. The van der Waals surface area contributed by atoms with Gasteiger partial charge in [-0.15, -0.1) is 0 Å². The van der Waals surface area contributed by atoms with Crippen LogP contribution in [0, 0.1) is 0 Å². The van der Waals surface area contributed by atoms with Crippen molar-refractivity contribution in [1.82, 2.24) is 4.98 Å². The van der Waals surface area contributed by atoms with Crippen LogP contribution in [0.25, 0.3) is 34.2 Å². The molecule has 1 N–H and O–H groups in total. The van der Waals surface area contributed by atoms with Gasteiger partial charge in [0.05, 0.1) is 0 Å². The third-order valence-corrected chi connectivity index (χ3v) is 5.97. The summed E-state index contributed by atoms with van der Waals surface area (Å²) in [4.78, 5) is 3.70. The average molecular weight is 333 g/mol. The highest BCUT2D eigenvalue weighted by Gasteiger charge is 2.19. The van der Waals surface area contributed by atoms with Crippen molar-refractivity contribution in [2.24, 2.45) is 0 Å². The highest BCUT2D eigenvalue weighted by molar-refractivity contribution is 5.93. The Labute approximate surface area is 152 Å². The third kappa shape index (κ3) is 1.97. The van der Waals surface area contributed by atoms with Crippen LogP contribution in [0.15, 0.2) is 66.7 Å². The molecule has 26 heavy (non-hydrogen) atoms. The van der Waals surface area contributed by atoms with Crippen molar-refractivity contribution in [3.05, 3.63) is 94.0 Å². The second-order valence-corrected chi connectivity index (χ2v) is 7.46. The molecule has 1 heterocycles. The number of fused-ring (bicyclic) bond motifs is 6. The first kappa shape index (κ1) is 14.1. The number of hydrogen-bond donors (Lipinski definition) is 1. The number of hydrogen-bond acceptors (Lipinski definition) is 0. The van der Waals surface area contributed by atoms with Crippen LogP contribution < -0.4 is 10.6 Å². The lowest BCUT2D eigenvalue weighted by Gasteiger charge is -2.17. The molecule has 1 aromatic heterocycles. The summed E-state index contributed by atoms with van der Waals surface area (Å²) in [5, 5.41) is 4.04. The molecule has 2 aliphatic carbocycles. The van der Waals surface area contributed by atoms with Gasteiger partial charge in [0, 0.05) is 22.2 Å². The lowest BCUT2D eigenvalue weighted by atomic mass is 9.87. The van der Waals surface area contributed by atoms with Gasteiger partial charge in [-0.2, -0.15) is 0 Å². The Bertz CT molecular complexity index is 1280. The van der Waals surface area contributed by atoms with Crippen LogP contribution in [0.4, 0.5) is 0 Å². The average Bonchev–Trinajstić information content (AvgIpc) is 3.23. The fourth-order valence-corrected chi connectivity index (χ4v) is 4.68. The van der Waals surface area contributed by atoms with E-state index in [-0.39, 0.29) is 0 Å². The first-order valence-electron chi connectivity index (χ1n) is 9.39. The summed E-state index contributed by atoms with van der Waals surface area (Å²) in [6.07, 6.45) is 7.05. The highest BCUT2D eigenvalue weighted by Crippen LogP contribution is 2.32. The maximum atomic E-state index is 3.70. The monoisotopic (exact) mass is 333 g/mol. The number of aromatic nitrogens is 1. The summed E-state index contributed by atoms with van der Waals surface area (Å²) < 4.78 is 0. The van der Waals surface area contributed by atoms with Gasteiger partial charge < -0.3 is 4.98 Å². The van der Waals surface area contributed by atoms with Crippen LogP contribution >= 0.6 is 0 Å². The predicted molar refractivity (Wildman–Crippen MR) is 109 cm³/mol. The van der Waals surface area contributed by atoms with Crippen LogP contribution in [-0.4, -0.2) is 4.98 Å². The minimum absolute atomic E-state index is 0.510. The molecule has 4 aromatic rings. The third-order valence-electron chi connectivity index (χ3n) is 5.97. The van der Waals surface area contributed by atoms with Gasteiger partial charge in [0.2, 0.25) is 0 Å². The number of aromatic amines is 1. The molecular formula is C25H19N. The van der Waals surface area contributed by atoms with E-state index in [4.69, 9.17) is 0 Å². The van der Waals surface area contributed by atoms with Gasteiger partial charge in [-0.25, -0.2) is 0 Å². The Kier molecular flexibility index (Phi) is 2.84. The van der Waals surface area contributed by atoms with Gasteiger partial charge in [0.1, 0.15) is 0 Å². The van der Waals surface area contributed by atoms with E-state index in [2.05, 4.69) is 83.9 Å². The molecule has 0 bridgehead atoms. The van der Waals surface area contributed by atoms with Crippen molar-refractivity contribution in [2.45, 2.75) is 18.8 Å². The van der Waals surface area contributed by atoms with Crippen molar-refractivity contribution in [1.29, 1.82) is 0 Å². The van der Waals surface area contributed by atoms with Crippen LogP contribution in [0.5, 0.6) is 0 Å². The van der Waals surface area contributed by atoms with E-state index in [0.717, 1.165) is 6.42 Å². The molecule has 0 fully saturated rings. The minimum Gasteiger partial charge on any atom is -0.355 e. The first-order chi connectivity index (χ1) is 12.9. The molecular weight excluding hydrogens is 314 g/mol. The largest absolute Gasteiger partial charge is 0.355 e. The molecule has 2 aliphatic rings. The molecule has 6 rings (SSSR count). The van der Waals surface area contributed by atoms with Gasteiger partial charge in [-0.3, -0.25) is 0 Å². The summed E-state index contributed by atoms with van der Waals surface area (Å²) in [5.41, 5.74) is 8.24. The Morgan fingerprint density at radius 3 is 2.62 bits per heavy atom. The molecule has 1 heteroatoms. The zero-order chi connectivity index (χ0) is 17.1. The minimum atomic E-state index is 0.510. The molecule has 0 spiro atoms. The smallest absolute Gasteiger partial charge is 0.0467 e. The molecule has 0 radical (unpaired) electrons. The number of H-pyrrole nitrogens is 1. The van der Waals surface area contributed by atoms with Gasteiger partial charge >= 0.3 is 0 Å². The van der Waals surface area contributed by atoms with Gasteiger partial charge in [0.15, 0.2) is 0 Å². The van der Waals surface area contributed by atoms with Crippen LogP contribution in [-0.2, 0) is 6.42 Å². The normalized spacial score (nSPS) is 17.2. The van der Waals surface area contributed by atoms with E-state index in [1.54, 1.807) is 0 Å². The number of rotatable bonds is 1. The van der Waals surface area contributed by atoms with E-state index < -0.39 is 0 Å². The number of aryl methyl sites for hydroxylation is 1. The fraction of sp³-hybridized carbons (Fsp3) is 0.120. The van der Waals surface area contributed by atoms with Crippen molar-refractivity contribution in [2.75, 3.05) is 0 Å². The molecule has 0 saturated carbocycles. The topological polar surface area (TPSA) is 15.8 Å². The maximum absolute atomic E-state index is 3.70. The summed E-state index contributed by atoms with van der Waals surface area (Å²) in [7, 11) is 0. The lowest BCUT2D eigenvalue weighted by Crippen LogP contribution is -2.17. The van der Waals surface area contributed by atoms with Crippen molar-refractivity contribution < 1.29 is 0 Å². The number of nitrogens with one attached hydrogen (secondary N) is 1. The van der Waals surface area contributed by atoms with E-state index >= 15 is 0 Å². The fourth-order valence-electron chi connectivity index (χ4n) is 4.68. The SMILES string of the molecule is C1=c2cc3[nH]c4c(c3cc2-c2ccccc21)CCC(c1ccccc1)C=4. The lowest BCUT2D eigenvalue weighted by molar-refractivity contribution is 0.741. The first-order valence-corrected chi connectivity index (χ1v) is 9.39. The molecule has 1 unspecified atom stereocenters. The summed E-state index contributed by atoms with van der Waals surface area (Å²) in [6.45, 7) is 0. The molecule has 3 aromatic carbocycles. The Morgan fingerprint density at radius 1 is 0.846 bits per heavy atom. The Balaban J connectivity index is 1.55. The highest BCUT2D eigenvalue weighted by atomic mass is 14.7. The molecule has 0 amide bonds. The zero-order valence-corrected chi connectivity index (χ0v) is 14.5. The van der Waals surface area contributed by atoms with E-state index in [1.165, 1.54) is 55.7 Å². The van der Waals surface area contributed by atoms with Crippen molar-refractivity contribution >= 4 is 23.1 Å². The zero-order valence-electron chi connectivity index (χ0n) is 14.5. The van der Waals surface area contributed by atoms with E-state index in [0.29, 0.717) is 5.92 Å². The van der Waals surface area contributed by atoms with Crippen LogP contribution in [0.2, 0.25) is 0 Å². The van der Waals surface area contributed by atoms with Gasteiger partial charge in [-0.05, 0) is 64.1 Å². The predicted octanol–water partition coefficient (Wildman–Crippen LogP) is 4.49. The van der Waals surface area contributed by atoms with Crippen LogP contribution in [0.1, 0.15) is 29.0 Å². The summed E-state index contributed by atoms with van der Waals surface area (Å²) in [5.74, 6) is 0.510. The quantitative estimate of drug-likeness (QED) is 0.465. The standard InChI is InChI=1S/C25H19N/c1-2-6-16(7-3-1)17-10-11-21-23-15-22-19(14-25(23)26-24(21)13-17)12-18-8-4-5-9-20(18)22/h1-9,12-15,17,26H,10-11H2. The molecule has 1 nitrogen and oxygen atoms in total. The molecule has 0 aliphatic heterocycles.